The number of allylic oxidation sites excluding steroid dienone is 6. The normalized spacial score (nSPS) is 51.2. The predicted molar refractivity (Wildman–Crippen MR) is 89.1 cm³/mol. The molecular weight excluding hydrogens is 272 g/mol. The van der Waals surface area contributed by atoms with E-state index < -0.39 is 0 Å². The van der Waals surface area contributed by atoms with Crippen molar-refractivity contribution in [3.05, 3.63) is 36.0 Å². The second-order valence-corrected chi connectivity index (χ2v) is 8.06. The number of hydrazone groups is 1. The van der Waals surface area contributed by atoms with Crippen LogP contribution in [0.25, 0.3) is 0 Å². The van der Waals surface area contributed by atoms with Crippen molar-refractivity contribution in [2.24, 2.45) is 39.5 Å². The zero-order chi connectivity index (χ0) is 15.5. The molecule has 4 rings (SSSR count). The summed E-state index contributed by atoms with van der Waals surface area (Å²) in [6.45, 7) is 4.67. The van der Waals surface area contributed by atoms with E-state index in [-0.39, 0.29) is 16.9 Å². The van der Waals surface area contributed by atoms with Crippen LogP contribution in [0, 0.1) is 28.6 Å². The molecule has 0 saturated heterocycles. The van der Waals surface area contributed by atoms with Crippen molar-refractivity contribution in [2.75, 3.05) is 0 Å². The quantitative estimate of drug-likeness (QED) is 0.533. The third kappa shape index (κ3) is 1.69. The standard InChI is InChI=1S/C19H26N2O/c1-18-9-7-13(21-20)11-12(18)3-4-14-15-5-6-17(22)19(15,2)10-8-16(14)18/h3-4,7,9,11,14-17,22H,5-6,8,10,20H2,1-2H3/b21-13-/t14-,15-,16-,17?,18-,19-/m0/s1. The van der Waals surface area contributed by atoms with E-state index in [9.17, 15) is 5.11 Å². The molecule has 0 aromatic heterocycles. The Hall–Kier alpha value is -1.35. The Labute approximate surface area is 132 Å². The molecular formula is C19H26N2O. The number of hydrogen-bond acceptors (Lipinski definition) is 3. The molecule has 4 aliphatic rings. The summed E-state index contributed by atoms with van der Waals surface area (Å²) in [5.41, 5.74) is 2.39. The summed E-state index contributed by atoms with van der Waals surface area (Å²) in [6, 6.07) is 0. The molecule has 118 valence electrons. The molecule has 1 unspecified atom stereocenters. The van der Waals surface area contributed by atoms with Crippen LogP contribution in [-0.4, -0.2) is 16.9 Å². The Morgan fingerprint density at radius 2 is 2.00 bits per heavy atom. The predicted octanol–water partition coefficient (Wildman–Crippen LogP) is 3.18. The van der Waals surface area contributed by atoms with Crippen molar-refractivity contribution in [3.63, 3.8) is 0 Å². The molecule has 6 atom stereocenters. The third-order valence-electron chi connectivity index (χ3n) is 7.23. The van der Waals surface area contributed by atoms with E-state index in [4.69, 9.17) is 5.84 Å². The van der Waals surface area contributed by atoms with Gasteiger partial charge in [-0.05, 0) is 66.6 Å². The van der Waals surface area contributed by atoms with Crippen LogP contribution in [0.4, 0.5) is 0 Å². The van der Waals surface area contributed by atoms with Gasteiger partial charge in [0.05, 0.1) is 11.8 Å². The minimum atomic E-state index is -0.116. The van der Waals surface area contributed by atoms with Crippen molar-refractivity contribution >= 4 is 5.71 Å². The van der Waals surface area contributed by atoms with Gasteiger partial charge in [-0.1, -0.05) is 32.1 Å². The fraction of sp³-hybridized carbons (Fsp3) is 0.632. The summed E-state index contributed by atoms with van der Waals surface area (Å²) in [7, 11) is 0. The molecule has 0 heterocycles. The van der Waals surface area contributed by atoms with Crippen molar-refractivity contribution in [2.45, 2.75) is 45.6 Å². The maximum Gasteiger partial charge on any atom is 0.0827 e. The summed E-state index contributed by atoms with van der Waals surface area (Å²) >= 11 is 0. The molecule has 0 amide bonds. The second kappa shape index (κ2) is 4.58. The van der Waals surface area contributed by atoms with E-state index in [1.165, 1.54) is 12.0 Å². The summed E-state index contributed by atoms with van der Waals surface area (Å²) < 4.78 is 0. The Kier molecular flexibility index (Phi) is 2.96. The van der Waals surface area contributed by atoms with Crippen LogP contribution in [0.5, 0.6) is 0 Å². The first kappa shape index (κ1) is 14.3. The van der Waals surface area contributed by atoms with Gasteiger partial charge in [0.2, 0.25) is 0 Å². The van der Waals surface area contributed by atoms with Gasteiger partial charge in [-0.25, -0.2) is 0 Å². The van der Waals surface area contributed by atoms with Gasteiger partial charge >= 0.3 is 0 Å². The zero-order valence-electron chi connectivity index (χ0n) is 13.5. The number of nitrogens with two attached hydrogens (primary N) is 1. The number of nitrogens with zero attached hydrogens (tertiary/aromatic N) is 1. The van der Waals surface area contributed by atoms with Crippen LogP contribution in [0.15, 0.2) is 41.1 Å². The monoisotopic (exact) mass is 298 g/mol. The zero-order valence-corrected chi connectivity index (χ0v) is 13.5. The fourth-order valence-corrected chi connectivity index (χ4v) is 5.71. The van der Waals surface area contributed by atoms with Gasteiger partial charge < -0.3 is 10.9 Å². The summed E-state index contributed by atoms with van der Waals surface area (Å²) in [5.74, 6) is 7.27. The molecule has 4 aliphatic carbocycles. The molecule has 0 aromatic carbocycles. The average Bonchev–Trinajstić information content (AvgIpc) is 2.82. The van der Waals surface area contributed by atoms with E-state index in [1.807, 2.05) is 0 Å². The van der Waals surface area contributed by atoms with Crippen molar-refractivity contribution in [1.82, 2.24) is 0 Å². The van der Waals surface area contributed by atoms with Crippen LogP contribution in [0.2, 0.25) is 0 Å². The van der Waals surface area contributed by atoms with E-state index in [0.717, 1.165) is 25.0 Å². The topological polar surface area (TPSA) is 58.6 Å². The highest BCUT2D eigenvalue weighted by molar-refractivity contribution is 6.06. The lowest BCUT2D eigenvalue weighted by Crippen LogP contribution is -2.48. The SMILES string of the molecule is C[C@]12C=C/C(=N/N)C=C1C=C[C@@H]1[C@@H]2CC[C@]2(C)C(O)CC[C@@H]12. The molecule has 0 radical (unpaired) electrons. The van der Waals surface area contributed by atoms with E-state index in [0.29, 0.717) is 17.8 Å². The number of rotatable bonds is 0. The van der Waals surface area contributed by atoms with Gasteiger partial charge in [-0.2, -0.15) is 5.10 Å². The highest BCUT2D eigenvalue weighted by Gasteiger charge is 2.57. The van der Waals surface area contributed by atoms with Crippen LogP contribution in [-0.2, 0) is 0 Å². The lowest BCUT2D eigenvalue weighted by atomic mass is 9.50. The molecule has 3 heteroatoms. The fourth-order valence-electron chi connectivity index (χ4n) is 5.71. The molecule has 2 saturated carbocycles. The van der Waals surface area contributed by atoms with Crippen molar-refractivity contribution < 1.29 is 5.11 Å². The number of aliphatic hydroxyl groups is 1. The minimum Gasteiger partial charge on any atom is -0.393 e. The van der Waals surface area contributed by atoms with Gasteiger partial charge in [-0.3, -0.25) is 0 Å². The maximum absolute atomic E-state index is 10.5. The largest absolute Gasteiger partial charge is 0.393 e. The van der Waals surface area contributed by atoms with Crippen LogP contribution >= 0.6 is 0 Å². The van der Waals surface area contributed by atoms with Crippen LogP contribution < -0.4 is 5.84 Å². The van der Waals surface area contributed by atoms with E-state index >= 15 is 0 Å². The van der Waals surface area contributed by atoms with Gasteiger partial charge in [0.25, 0.3) is 0 Å². The molecule has 0 aromatic rings. The smallest absolute Gasteiger partial charge is 0.0827 e. The van der Waals surface area contributed by atoms with E-state index in [1.54, 1.807) is 0 Å². The van der Waals surface area contributed by atoms with Crippen molar-refractivity contribution in [1.29, 1.82) is 0 Å². The molecule has 22 heavy (non-hydrogen) atoms. The molecule has 2 fully saturated rings. The second-order valence-electron chi connectivity index (χ2n) is 8.06. The minimum absolute atomic E-state index is 0.0858. The summed E-state index contributed by atoms with van der Waals surface area (Å²) in [5, 5.41) is 14.3. The highest BCUT2D eigenvalue weighted by atomic mass is 16.3. The molecule has 0 bridgehead atoms. The Balaban J connectivity index is 1.75. The highest BCUT2D eigenvalue weighted by Crippen LogP contribution is 2.62. The van der Waals surface area contributed by atoms with Gasteiger partial charge in [0, 0.05) is 5.41 Å². The molecule has 0 spiro atoms. The molecule has 3 N–H and O–H groups in total. The number of hydrogen-bond donors (Lipinski definition) is 2. The first-order valence-corrected chi connectivity index (χ1v) is 8.54. The maximum atomic E-state index is 10.5. The lowest BCUT2D eigenvalue weighted by Gasteiger charge is -2.54. The Bertz CT molecular complexity index is 617. The first-order chi connectivity index (χ1) is 10.5. The Morgan fingerprint density at radius 1 is 1.18 bits per heavy atom. The van der Waals surface area contributed by atoms with Crippen molar-refractivity contribution in [3.8, 4) is 0 Å². The van der Waals surface area contributed by atoms with Gasteiger partial charge in [-0.15, -0.1) is 0 Å². The van der Waals surface area contributed by atoms with Gasteiger partial charge in [0.15, 0.2) is 0 Å². The molecule has 0 aliphatic heterocycles. The average molecular weight is 298 g/mol. The van der Waals surface area contributed by atoms with E-state index in [2.05, 4.69) is 49.3 Å². The number of fused-ring (bicyclic) bond motifs is 5. The third-order valence-corrected chi connectivity index (χ3v) is 7.23. The summed E-state index contributed by atoms with van der Waals surface area (Å²) in [4.78, 5) is 0. The van der Waals surface area contributed by atoms with Crippen LogP contribution in [0.3, 0.4) is 0 Å². The molecule has 3 nitrogen and oxygen atoms in total. The lowest BCUT2D eigenvalue weighted by molar-refractivity contribution is -0.0374. The summed E-state index contributed by atoms with van der Waals surface area (Å²) in [6.07, 6.45) is 15.5. The van der Waals surface area contributed by atoms with Gasteiger partial charge in [0.1, 0.15) is 0 Å². The Morgan fingerprint density at radius 3 is 2.77 bits per heavy atom. The number of aliphatic hydroxyl groups excluding tert-OH is 1. The first-order valence-electron chi connectivity index (χ1n) is 8.54. The van der Waals surface area contributed by atoms with Crippen LogP contribution in [0.1, 0.15) is 39.5 Å².